The van der Waals surface area contributed by atoms with Crippen molar-refractivity contribution in [2.45, 2.75) is 105 Å². The predicted octanol–water partition coefficient (Wildman–Crippen LogP) is 7.98. The summed E-state index contributed by atoms with van der Waals surface area (Å²) in [5, 5.41) is 29.7. The number of fused-ring (bicyclic) bond motifs is 7. The SMILES string of the molecule is C=C(COC)[C@@H]1CC[C@]2(C[N+]3(C(=O)O)C=CN=N3)CC[C@]3(C)[C@H](CCC4[C@@]5(C)CC[C@H](O)C(C)(C)[C@@H]5CC[C@]43C)[C@@H]12. The van der Waals surface area contributed by atoms with Crippen LogP contribution in [0.4, 0.5) is 4.79 Å². The van der Waals surface area contributed by atoms with E-state index in [1.54, 1.807) is 19.5 Å². The maximum Gasteiger partial charge on any atom is 0.547 e. The fourth-order valence-electron chi connectivity index (χ4n) is 12.8. The number of quaternary nitrogens is 1. The predicted molar refractivity (Wildman–Crippen MR) is 158 cm³/mol. The highest BCUT2D eigenvalue weighted by Gasteiger charge is 2.72. The molecule has 0 spiro atoms. The molecule has 5 aliphatic carbocycles. The second-order valence-corrected chi connectivity index (χ2v) is 16.4. The smallest absolute Gasteiger partial charge is 0.433 e. The van der Waals surface area contributed by atoms with Crippen LogP contribution in [0, 0.1) is 56.7 Å². The van der Waals surface area contributed by atoms with Crippen LogP contribution < -0.4 is 0 Å². The molecule has 7 heteroatoms. The van der Waals surface area contributed by atoms with Crippen molar-refractivity contribution in [3.05, 3.63) is 24.6 Å². The first kappa shape index (κ1) is 29.5. The van der Waals surface area contributed by atoms with Crippen molar-refractivity contribution >= 4 is 6.09 Å². The van der Waals surface area contributed by atoms with Gasteiger partial charge >= 0.3 is 6.09 Å². The summed E-state index contributed by atoms with van der Waals surface area (Å²) in [5.74, 6) is 2.41. The Morgan fingerprint density at radius 1 is 0.976 bits per heavy atom. The molecule has 6 aliphatic rings. The minimum absolute atomic E-state index is 0.0470. The molecule has 0 aromatic rings. The number of carboxylic acid groups (broad SMARTS) is 1. The monoisotopic (exact) mass is 568 g/mol. The van der Waals surface area contributed by atoms with Crippen molar-refractivity contribution in [3.63, 3.8) is 0 Å². The Balaban J connectivity index is 1.40. The lowest BCUT2D eigenvalue weighted by molar-refractivity contribution is -0.823. The Kier molecular flexibility index (Phi) is 6.81. The van der Waals surface area contributed by atoms with E-state index in [1.807, 2.05) is 0 Å². The Morgan fingerprint density at radius 2 is 1.73 bits per heavy atom. The van der Waals surface area contributed by atoms with Gasteiger partial charge in [-0.05, 0) is 121 Å². The second-order valence-electron chi connectivity index (χ2n) is 16.4. The van der Waals surface area contributed by atoms with Gasteiger partial charge in [-0.1, -0.05) is 45.8 Å². The molecular formula is C34H54N3O4+. The van der Waals surface area contributed by atoms with E-state index in [2.05, 4.69) is 51.5 Å². The molecule has 6 rings (SSSR count). The van der Waals surface area contributed by atoms with Crippen LogP contribution in [0.5, 0.6) is 0 Å². The van der Waals surface area contributed by atoms with Gasteiger partial charge in [-0.3, -0.25) is 0 Å². The molecule has 1 heterocycles. The van der Waals surface area contributed by atoms with Crippen LogP contribution in [0.2, 0.25) is 0 Å². The van der Waals surface area contributed by atoms with Gasteiger partial charge in [-0.2, -0.15) is 4.79 Å². The number of hydrogen-bond donors (Lipinski definition) is 2. The average Bonchev–Trinajstić information content (AvgIpc) is 3.53. The molecule has 11 atom stereocenters. The van der Waals surface area contributed by atoms with E-state index in [-0.39, 0.29) is 33.2 Å². The molecule has 0 bridgehead atoms. The number of rotatable bonds is 5. The quantitative estimate of drug-likeness (QED) is 0.260. The molecule has 1 amide bonds. The lowest BCUT2D eigenvalue weighted by Gasteiger charge is -2.73. The molecule has 0 saturated heterocycles. The van der Waals surface area contributed by atoms with Gasteiger partial charge in [0, 0.05) is 17.7 Å². The number of hydrogen-bond acceptors (Lipinski definition) is 5. The molecule has 7 nitrogen and oxygen atoms in total. The first-order valence-electron chi connectivity index (χ1n) is 16.3. The minimum atomic E-state index is -0.938. The van der Waals surface area contributed by atoms with Crippen LogP contribution in [0.3, 0.4) is 0 Å². The van der Waals surface area contributed by atoms with Crippen molar-refractivity contribution in [2.24, 2.45) is 67.0 Å². The summed E-state index contributed by atoms with van der Waals surface area (Å²) in [6, 6.07) is 0. The summed E-state index contributed by atoms with van der Waals surface area (Å²) < 4.78 is 5.19. The third-order valence-electron chi connectivity index (χ3n) is 14.9. The van der Waals surface area contributed by atoms with E-state index < -0.39 is 10.7 Å². The lowest BCUT2D eigenvalue weighted by atomic mass is 9.32. The van der Waals surface area contributed by atoms with Crippen molar-refractivity contribution < 1.29 is 24.3 Å². The maximum absolute atomic E-state index is 12.6. The van der Waals surface area contributed by atoms with Gasteiger partial charge in [-0.25, -0.2) is 0 Å². The highest BCUT2D eigenvalue weighted by atomic mass is 16.5. The van der Waals surface area contributed by atoms with Gasteiger partial charge in [0.1, 0.15) is 12.7 Å². The summed E-state index contributed by atoms with van der Waals surface area (Å²) in [4.78, 5) is 12.6. The molecule has 2 unspecified atom stereocenters. The molecule has 0 aromatic carbocycles. The van der Waals surface area contributed by atoms with Gasteiger partial charge in [-0.15, -0.1) is 5.11 Å². The zero-order valence-electron chi connectivity index (χ0n) is 26.4. The zero-order chi connectivity index (χ0) is 29.6. The fraction of sp³-hybridized carbons (Fsp3) is 0.853. The molecule has 5 fully saturated rings. The van der Waals surface area contributed by atoms with E-state index >= 15 is 0 Å². The van der Waals surface area contributed by atoms with Crippen molar-refractivity contribution in [1.29, 1.82) is 0 Å². The van der Waals surface area contributed by atoms with Gasteiger partial charge in [0.15, 0.2) is 6.20 Å². The summed E-state index contributed by atoms with van der Waals surface area (Å²) in [6.07, 6.45) is 13.2. The van der Waals surface area contributed by atoms with Crippen molar-refractivity contribution in [1.82, 2.24) is 0 Å². The van der Waals surface area contributed by atoms with E-state index in [9.17, 15) is 15.0 Å². The number of methoxy groups -OCH3 is 1. The van der Waals surface area contributed by atoms with Gasteiger partial charge in [0.05, 0.1) is 12.7 Å². The van der Waals surface area contributed by atoms with Crippen LogP contribution in [-0.4, -0.2) is 47.3 Å². The van der Waals surface area contributed by atoms with E-state index in [0.29, 0.717) is 42.7 Å². The average molecular weight is 569 g/mol. The first-order valence-corrected chi connectivity index (χ1v) is 16.3. The number of carbonyl (C=O) groups is 1. The van der Waals surface area contributed by atoms with Gasteiger partial charge < -0.3 is 14.9 Å². The Hall–Kier alpha value is -1.57. The summed E-state index contributed by atoms with van der Waals surface area (Å²) in [7, 11) is 1.76. The number of amides is 1. The van der Waals surface area contributed by atoms with E-state index in [1.165, 1.54) is 31.3 Å². The summed E-state index contributed by atoms with van der Waals surface area (Å²) >= 11 is 0. The number of nitrogens with zero attached hydrogens (tertiary/aromatic N) is 3. The Labute approximate surface area is 247 Å². The molecule has 41 heavy (non-hydrogen) atoms. The normalized spacial score (nSPS) is 51.4. The maximum atomic E-state index is 12.6. The topological polar surface area (TPSA) is 91.5 Å². The third kappa shape index (κ3) is 3.83. The molecular weight excluding hydrogens is 514 g/mol. The number of ether oxygens (including phenoxy) is 1. The minimum Gasteiger partial charge on any atom is -0.433 e. The zero-order valence-corrected chi connectivity index (χ0v) is 26.4. The molecule has 2 N–H and O–H groups in total. The number of aliphatic hydroxyl groups excluding tert-OH is 1. The van der Waals surface area contributed by atoms with Gasteiger partial charge in [0.25, 0.3) is 0 Å². The van der Waals surface area contributed by atoms with Gasteiger partial charge in [0.2, 0.25) is 0 Å². The largest absolute Gasteiger partial charge is 0.547 e. The molecule has 228 valence electrons. The van der Waals surface area contributed by atoms with Crippen LogP contribution in [0.25, 0.3) is 0 Å². The van der Waals surface area contributed by atoms with Crippen LogP contribution >= 0.6 is 0 Å². The molecule has 0 radical (unpaired) electrons. The molecule has 1 aliphatic heterocycles. The van der Waals surface area contributed by atoms with E-state index in [4.69, 9.17) is 4.74 Å². The van der Waals surface area contributed by atoms with E-state index in [0.717, 1.165) is 38.5 Å². The van der Waals surface area contributed by atoms with Crippen LogP contribution in [0.15, 0.2) is 34.9 Å². The van der Waals surface area contributed by atoms with Crippen LogP contribution in [-0.2, 0) is 4.74 Å². The first-order chi connectivity index (χ1) is 19.2. The Bertz CT molecular complexity index is 1150. The molecule has 5 saturated carbocycles. The van der Waals surface area contributed by atoms with Crippen molar-refractivity contribution in [3.8, 4) is 0 Å². The fourth-order valence-corrected chi connectivity index (χ4v) is 12.8. The standard InChI is InChI=1S/C34H53N3O4/c1-22(20-41-7)23-10-15-34(21-37(29(39)40)19-18-35-36-37)17-16-32(5)24(28(23)34)8-9-26-31(4)13-12-27(38)30(2,3)25(31)11-14-33(26,32)6/h18-19,23-28,38H,1,8-17,20-21H2,2-7H3/p+1/t23-,24+,25-,26?,27-,28+,31-,32+,33+,34+,37?/m0/s1. The molecule has 0 aromatic heterocycles. The Morgan fingerprint density at radius 3 is 2.39 bits per heavy atom. The van der Waals surface area contributed by atoms with Crippen LogP contribution in [0.1, 0.15) is 98.8 Å². The highest BCUT2D eigenvalue weighted by Crippen LogP contribution is 2.77. The lowest BCUT2D eigenvalue weighted by Crippen LogP contribution is -2.67. The summed E-state index contributed by atoms with van der Waals surface area (Å²) in [6.45, 7) is 18.1. The third-order valence-corrected chi connectivity index (χ3v) is 14.9. The van der Waals surface area contributed by atoms with Crippen molar-refractivity contribution in [2.75, 3.05) is 20.3 Å². The highest BCUT2D eigenvalue weighted by molar-refractivity contribution is 5.57. The number of aliphatic hydroxyl groups is 1. The summed E-state index contributed by atoms with van der Waals surface area (Å²) in [5.41, 5.74) is 1.65. The second kappa shape index (κ2) is 9.46.